The molecule has 1 aromatic carbocycles. The summed E-state index contributed by atoms with van der Waals surface area (Å²) in [6, 6.07) is 4.86. The van der Waals surface area contributed by atoms with E-state index in [0.717, 1.165) is 45.6 Å². The molecule has 0 amide bonds. The third kappa shape index (κ3) is 3.58. The molecule has 24 heavy (non-hydrogen) atoms. The van der Waals surface area contributed by atoms with Crippen LogP contribution in [0.2, 0.25) is 0 Å². The molecule has 1 N–H and O–H groups in total. The number of benzene rings is 1. The molecule has 0 spiro atoms. The first kappa shape index (κ1) is 17.6. The smallest absolute Gasteiger partial charge is 0.127 e. The molecule has 0 aliphatic carbocycles. The van der Waals surface area contributed by atoms with Crippen molar-refractivity contribution in [3.63, 3.8) is 0 Å². The Kier molecular flexibility index (Phi) is 5.42. The summed E-state index contributed by atoms with van der Waals surface area (Å²) in [6.45, 7) is 5.73. The van der Waals surface area contributed by atoms with E-state index < -0.39 is 5.60 Å². The molecule has 2 aliphatic rings. The van der Waals surface area contributed by atoms with Crippen molar-refractivity contribution in [2.75, 3.05) is 33.4 Å². The standard InChI is InChI=1S/C19H28FNO3/c1-14-12-21(13-15-11-17(23-2)3-4-18(15)20)8-7-19(14,22)16-5-9-24-10-6-16/h3-4,11,14,16,22H,5-10,12-13H2,1-2H3/t14-,19+/m1/s1. The van der Waals surface area contributed by atoms with Crippen LogP contribution < -0.4 is 4.74 Å². The molecule has 134 valence electrons. The molecule has 0 unspecified atom stereocenters. The zero-order valence-electron chi connectivity index (χ0n) is 14.6. The van der Waals surface area contributed by atoms with Crippen molar-refractivity contribution < 1.29 is 19.0 Å². The Morgan fingerprint density at radius 2 is 2.12 bits per heavy atom. The molecule has 2 aliphatic heterocycles. The summed E-state index contributed by atoms with van der Waals surface area (Å²) in [7, 11) is 1.59. The van der Waals surface area contributed by atoms with Crippen LogP contribution in [0.3, 0.4) is 0 Å². The Bertz CT molecular complexity index is 562. The van der Waals surface area contributed by atoms with E-state index in [1.54, 1.807) is 19.2 Å². The Morgan fingerprint density at radius 1 is 1.38 bits per heavy atom. The highest BCUT2D eigenvalue weighted by atomic mass is 19.1. The molecule has 0 radical (unpaired) electrons. The third-order valence-electron chi connectivity index (χ3n) is 5.79. The molecular formula is C19H28FNO3. The monoisotopic (exact) mass is 337 g/mol. The Hall–Kier alpha value is -1.17. The molecule has 0 bridgehead atoms. The minimum atomic E-state index is -0.618. The summed E-state index contributed by atoms with van der Waals surface area (Å²) < 4.78 is 24.7. The number of likely N-dealkylation sites (tertiary alicyclic amines) is 1. The summed E-state index contributed by atoms with van der Waals surface area (Å²) in [5.74, 6) is 0.962. The quantitative estimate of drug-likeness (QED) is 0.917. The largest absolute Gasteiger partial charge is 0.497 e. The molecule has 0 saturated carbocycles. The SMILES string of the molecule is COc1ccc(F)c(CN2CC[C@@](O)(C3CCOCC3)[C@H](C)C2)c1. The predicted octanol–water partition coefficient (Wildman–Crippen LogP) is 2.83. The third-order valence-corrected chi connectivity index (χ3v) is 5.79. The van der Waals surface area contributed by atoms with Gasteiger partial charge in [-0.1, -0.05) is 6.92 Å². The number of methoxy groups -OCH3 is 1. The van der Waals surface area contributed by atoms with Gasteiger partial charge in [0.2, 0.25) is 0 Å². The van der Waals surface area contributed by atoms with E-state index in [1.807, 2.05) is 0 Å². The number of halogens is 1. The lowest BCUT2D eigenvalue weighted by Gasteiger charge is -2.48. The van der Waals surface area contributed by atoms with Gasteiger partial charge in [-0.25, -0.2) is 4.39 Å². The summed E-state index contributed by atoms with van der Waals surface area (Å²) in [6.07, 6.45) is 2.61. The second-order valence-corrected chi connectivity index (χ2v) is 7.22. The second-order valence-electron chi connectivity index (χ2n) is 7.22. The maximum Gasteiger partial charge on any atom is 0.127 e. The first-order chi connectivity index (χ1) is 11.5. The van der Waals surface area contributed by atoms with Gasteiger partial charge in [-0.2, -0.15) is 0 Å². The molecule has 0 aromatic heterocycles. The van der Waals surface area contributed by atoms with Gasteiger partial charge in [0, 0.05) is 38.4 Å². The highest BCUT2D eigenvalue weighted by Gasteiger charge is 2.45. The molecule has 2 heterocycles. The zero-order valence-corrected chi connectivity index (χ0v) is 14.6. The normalized spacial score (nSPS) is 29.6. The molecule has 2 atom stereocenters. The summed E-state index contributed by atoms with van der Waals surface area (Å²) >= 11 is 0. The van der Waals surface area contributed by atoms with Gasteiger partial charge in [0.05, 0.1) is 12.7 Å². The highest BCUT2D eigenvalue weighted by molar-refractivity contribution is 5.29. The molecule has 5 heteroatoms. The van der Waals surface area contributed by atoms with E-state index in [9.17, 15) is 9.50 Å². The lowest BCUT2D eigenvalue weighted by molar-refractivity contribution is -0.131. The van der Waals surface area contributed by atoms with Crippen molar-refractivity contribution in [3.8, 4) is 5.75 Å². The van der Waals surface area contributed by atoms with Crippen molar-refractivity contribution in [1.29, 1.82) is 0 Å². The fourth-order valence-electron chi connectivity index (χ4n) is 4.21. The second kappa shape index (κ2) is 7.38. The highest BCUT2D eigenvalue weighted by Crippen LogP contribution is 2.39. The fraction of sp³-hybridized carbons (Fsp3) is 0.684. The molecule has 1 aromatic rings. The lowest BCUT2D eigenvalue weighted by atomic mass is 9.70. The van der Waals surface area contributed by atoms with Gasteiger partial charge in [-0.15, -0.1) is 0 Å². The number of nitrogens with zero attached hydrogens (tertiary/aromatic N) is 1. The van der Waals surface area contributed by atoms with Crippen LogP contribution in [0.5, 0.6) is 5.75 Å². The fourth-order valence-corrected chi connectivity index (χ4v) is 4.21. The Morgan fingerprint density at radius 3 is 2.79 bits per heavy atom. The number of ether oxygens (including phenoxy) is 2. The molecule has 4 nitrogen and oxygen atoms in total. The van der Waals surface area contributed by atoms with Crippen LogP contribution in [0.15, 0.2) is 18.2 Å². The number of piperidine rings is 1. The minimum Gasteiger partial charge on any atom is -0.497 e. The van der Waals surface area contributed by atoms with Crippen LogP contribution in [0.4, 0.5) is 4.39 Å². The Balaban J connectivity index is 1.65. The van der Waals surface area contributed by atoms with E-state index in [-0.39, 0.29) is 11.7 Å². The summed E-state index contributed by atoms with van der Waals surface area (Å²) in [5, 5.41) is 11.2. The number of rotatable bonds is 4. The van der Waals surface area contributed by atoms with Crippen LogP contribution in [0.25, 0.3) is 0 Å². The molecular weight excluding hydrogens is 309 g/mol. The van der Waals surface area contributed by atoms with Gasteiger partial charge in [0.25, 0.3) is 0 Å². The maximum absolute atomic E-state index is 14.1. The van der Waals surface area contributed by atoms with Gasteiger partial charge in [0.15, 0.2) is 0 Å². The average molecular weight is 337 g/mol. The van der Waals surface area contributed by atoms with E-state index >= 15 is 0 Å². The van der Waals surface area contributed by atoms with Crippen molar-refractivity contribution in [3.05, 3.63) is 29.6 Å². The topological polar surface area (TPSA) is 41.9 Å². The minimum absolute atomic E-state index is 0.169. The zero-order chi connectivity index (χ0) is 17.2. The van der Waals surface area contributed by atoms with E-state index in [1.165, 1.54) is 6.07 Å². The van der Waals surface area contributed by atoms with E-state index in [0.29, 0.717) is 23.8 Å². The first-order valence-corrected chi connectivity index (χ1v) is 8.88. The predicted molar refractivity (Wildman–Crippen MR) is 90.5 cm³/mol. The van der Waals surface area contributed by atoms with Crippen LogP contribution in [0, 0.1) is 17.7 Å². The van der Waals surface area contributed by atoms with Crippen LogP contribution in [0.1, 0.15) is 31.7 Å². The molecule has 2 fully saturated rings. The molecule has 3 rings (SSSR count). The van der Waals surface area contributed by atoms with Gasteiger partial charge < -0.3 is 14.6 Å². The number of hydrogen-bond acceptors (Lipinski definition) is 4. The summed E-state index contributed by atoms with van der Waals surface area (Å²) in [5.41, 5.74) is 0.0331. The number of aliphatic hydroxyl groups is 1. The van der Waals surface area contributed by atoms with Gasteiger partial charge >= 0.3 is 0 Å². The van der Waals surface area contributed by atoms with Crippen LogP contribution in [-0.4, -0.2) is 49.0 Å². The van der Waals surface area contributed by atoms with Crippen molar-refractivity contribution in [2.45, 2.75) is 38.3 Å². The van der Waals surface area contributed by atoms with Crippen LogP contribution in [-0.2, 0) is 11.3 Å². The van der Waals surface area contributed by atoms with E-state index in [4.69, 9.17) is 9.47 Å². The maximum atomic E-state index is 14.1. The van der Waals surface area contributed by atoms with Gasteiger partial charge in [0.1, 0.15) is 11.6 Å². The lowest BCUT2D eigenvalue weighted by Crippen LogP contribution is -2.55. The van der Waals surface area contributed by atoms with E-state index in [2.05, 4.69) is 11.8 Å². The van der Waals surface area contributed by atoms with Crippen molar-refractivity contribution >= 4 is 0 Å². The summed E-state index contributed by atoms with van der Waals surface area (Å²) in [4.78, 5) is 2.23. The Labute approximate surface area is 143 Å². The number of hydrogen-bond donors (Lipinski definition) is 1. The first-order valence-electron chi connectivity index (χ1n) is 8.88. The van der Waals surface area contributed by atoms with Crippen LogP contribution >= 0.6 is 0 Å². The van der Waals surface area contributed by atoms with Crippen molar-refractivity contribution in [1.82, 2.24) is 4.90 Å². The van der Waals surface area contributed by atoms with Gasteiger partial charge in [-0.05, 0) is 49.3 Å². The molecule has 2 saturated heterocycles. The van der Waals surface area contributed by atoms with Gasteiger partial charge in [-0.3, -0.25) is 4.90 Å². The average Bonchev–Trinajstić information content (AvgIpc) is 2.61. The van der Waals surface area contributed by atoms with Crippen molar-refractivity contribution in [2.24, 2.45) is 11.8 Å².